The molecule has 1 saturated heterocycles. The molecule has 1 aliphatic carbocycles. The summed E-state index contributed by atoms with van der Waals surface area (Å²) in [6, 6.07) is 16.8. The largest absolute Gasteiger partial charge is 0.392 e. The summed E-state index contributed by atoms with van der Waals surface area (Å²) in [6.45, 7) is 2.06. The molecular formula is C23H29N3O4S. The van der Waals surface area contributed by atoms with Gasteiger partial charge in [0.1, 0.15) is 0 Å². The molecular weight excluding hydrogens is 414 g/mol. The maximum atomic E-state index is 13.4. The van der Waals surface area contributed by atoms with Crippen molar-refractivity contribution in [2.24, 2.45) is 0 Å². The van der Waals surface area contributed by atoms with Crippen LogP contribution in [0.3, 0.4) is 0 Å². The van der Waals surface area contributed by atoms with E-state index >= 15 is 0 Å². The van der Waals surface area contributed by atoms with Crippen LogP contribution in [0.25, 0.3) is 0 Å². The second-order valence-electron chi connectivity index (χ2n) is 8.68. The molecule has 1 heterocycles. The van der Waals surface area contributed by atoms with E-state index in [2.05, 4.69) is 14.9 Å². The molecule has 0 unspecified atom stereocenters. The molecule has 0 spiro atoms. The molecule has 1 aliphatic heterocycles. The Balaban J connectivity index is 1.53. The summed E-state index contributed by atoms with van der Waals surface area (Å²) in [5, 5.41) is 13.1. The number of hydrogen-bond donors (Lipinski definition) is 3. The monoisotopic (exact) mass is 443 g/mol. The fraction of sp³-hybridized carbons (Fsp3) is 0.435. The van der Waals surface area contributed by atoms with Gasteiger partial charge in [-0.1, -0.05) is 42.5 Å². The molecule has 8 heteroatoms. The van der Waals surface area contributed by atoms with E-state index in [-0.39, 0.29) is 18.1 Å². The maximum absolute atomic E-state index is 13.4. The number of likely N-dealkylation sites (tertiary alicyclic amines) is 1. The van der Waals surface area contributed by atoms with Gasteiger partial charge in [0.2, 0.25) is 15.9 Å². The summed E-state index contributed by atoms with van der Waals surface area (Å²) in [4.78, 5) is 15.6. The number of β-amino-alcohol motifs (C(OH)–C–C–N with tert-alkyl or cyclic N) is 1. The van der Waals surface area contributed by atoms with E-state index in [1.807, 2.05) is 36.4 Å². The lowest BCUT2D eigenvalue weighted by Crippen LogP contribution is -2.42. The lowest BCUT2D eigenvalue weighted by atomic mass is 9.93. The van der Waals surface area contributed by atoms with Gasteiger partial charge in [-0.05, 0) is 42.5 Å². The predicted octanol–water partition coefficient (Wildman–Crippen LogP) is 2.01. The highest BCUT2D eigenvalue weighted by molar-refractivity contribution is 7.92. The van der Waals surface area contributed by atoms with E-state index in [9.17, 15) is 18.3 Å². The fourth-order valence-electron chi connectivity index (χ4n) is 4.32. The number of carbonyl (C=O) groups is 1. The molecule has 0 bridgehead atoms. The van der Waals surface area contributed by atoms with Crippen molar-refractivity contribution < 1.29 is 18.3 Å². The molecule has 2 fully saturated rings. The van der Waals surface area contributed by atoms with Gasteiger partial charge in [0.25, 0.3) is 0 Å². The number of nitrogens with zero attached hydrogens (tertiary/aromatic N) is 1. The molecule has 4 rings (SSSR count). The lowest BCUT2D eigenvalue weighted by Gasteiger charge is -2.27. The zero-order chi connectivity index (χ0) is 22.1. The third-order valence-electron chi connectivity index (χ3n) is 6.10. The Morgan fingerprint density at radius 3 is 2.55 bits per heavy atom. The summed E-state index contributed by atoms with van der Waals surface area (Å²) in [6.07, 6.45) is 3.00. The minimum Gasteiger partial charge on any atom is -0.392 e. The first-order valence-corrected chi connectivity index (χ1v) is 12.5. The second-order valence-corrected chi connectivity index (χ2v) is 10.4. The molecule has 2 atom stereocenters. The smallest absolute Gasteiger partial charge is 0.231 e. The van der Waals surface area contributed by atoms with Crippen molar-refractivity contribution in [3.05, 3.63) is 65.7 Å². The standard InChI is InChI=1S/C23H29N3O4S/c1-31(29,30)25-19-9-5-8-18(14-19)23(11-12-23)22(28)24-21(17-6-3-2-4-7-17)16-26-13-10-20(27)15-26/h2-9,14,20-21,25,27H,10-13,15-16H2,1H3,(H,24,28)/t20-,21-/m1/s1. The molecule has 166 valence electrons. The third kappa shape index (κ3) is 5.26. The molecule has 1 saturated carbocycles. The van der Waals surface area contributed by atoms with Gasteiger partial charge in [-0.3, -0.25) is 14.4 Å². The van der Waals surface area contributed by atoms with Gasteiger partial charge in [-0.25, -0.2) is 8.42 Å². The van der Waals surface area contributed by atoms with Crippen LogP contribution in [0.2, 0.25) is 0 Å². The van der Waals surface area contributed by atoms with Crippen LogP contribution in [0.15, 0.2) is 54.6 Å². The Morgan fingerprint density at radius 2 is 1.94 bits per heavy atom. The van der Waals surface area contributed by atoms with Crippen molar-refractivity contribution >= 4 is 21.6 Å². The van der Waals surface area contributed by atoms with Gasteiger partial charge in [0.05, 0.1) is 23.8 Å². The van der Waals surface area contributed by atoms with Gasteiger partial charge < -0.3 is 10.4 Å². The first-order valence-electron chi connectivity index (χ1n) is 10.6. The Bertz CT molecular complexity index is 1040. The first kappa shape index (κ1) is 21.8. The molecule has 1 amide bonds. The van der Waals surface area contributed by atoms with Gasteiger partial charge in [-0.15, -0.1) is 0 Å². The normalized spacial score (nSPS) is 21.4. The molecule has 2 aromatic carbocycles. The average molecular weight is 444 g/mol. The highest BCUT2D eigenvalue weighted by Gasteiger charge is 2.51. The van der Waals surface area contributed by atoms with Gasteiger partial charge in [0, 0.05) is 25.3 Å². The molecule has 2 aromatic rings. The summed E-state index contributed by atoms with van der Waals surface area (Å²) >= 11 is 0. The van der Waals surface area contributed by atoms with Crippen LogP contribution in [0, 0.1) is 0 Å². The lowest BCUT2D eigenvalue weighted by molar-refractivity contribution is -0.124. The summed E-state index contributed by atoms with van der Waals surface area (Å²) in [7, 11) is -3.39. The van der Waals surface area contributed by atoms with Crippen LogP contribution < -0.4 is 10.0 Å². The van der Waals surface area contributed by atoms with Crippen LogP contribution in [0.5, 0.6) is 0 Å². The van der Waals surface area contributed by atoms with Crippen LogP contribution in [-0.4, -0.2) is 56.3 Å². The number of anilines is 1. The molecule has 0 aromatic heterocycles. The Morgan fingerprint density at radius 1 is 1.19 bits per heavy atom. The topological polar surface area (TPSA) is 98.7 Å². The number of nitrogens with one attached hydrogen (secondary N) is 2. The quantitative estimate of drug-likeness (QED) is 0.580. The van der Waals surface area contributed by atoms with Gasteiger partial charge >= 0.3 is 0 Å². The summed E-state index contributed by atoms with van der Waals surface area (Å²) < 4.78 is 25.7. The number of rotatable bonds is 8. The zero-order valence-corrected chi connectivity index (χ0v) is 18.4. The van der Waals surface area contributed by atoms with E-state index in [1.54, 1.807) is 18.2 Å². The van der Waals surface area contributed by atoms with E-state index in [0.717, 1.165) is 43.2 Å². The zero-order valence-electron chi connectivity index (χ0n) is 17.6. The third-order valence-corrected chi connectivity index (χ3v) is 6.71. The number of sulfonamides is 1. The van der Waals surface area contributed by atoms with Crippen molar-refractivity contribution in [2.45, 2.75) is 36.8 Å². The molecule has 31 heavy (non-hydrogen) atoms. The second kappa shape index (κ2) is 8.61. The van der Waals surface area contributed by atoms with Gasteiger partial charge in [0.15, 0.2) is 0 Å². The number of carbonyl (C=O) groups excluding carboxylic acids is 1. The maximum Gasteiger partial charge on any atom is 0.231 e. The molecule has 0 radical (unpaired) electrons. The summed E-state index contributed by atoms with van der Waals surface area (Å²) in [5.74, 6) is -0.0439. The van der Waals surface area contributed by atoms with Crippen LogP contribution in [-0.2, 0) is 20.2 Å². The highest BCUT2D eigenvalue weighted by Crippen LogP contribution is 2.49. The number of aliphatic hydroxyl groups is 1. The van der Waals surface area contributed by atoms with Crippen molar-refractivity contribution in [3.63, 3.8) is 0 Å². The van der Waals surface area contributed by atoms with Crippen LogP contribution in [0.4, 0.5) is 5.69 Å². The predicted molar refractivity (Wildman–Crippen MR) is 120 cm³/mol. The number of hydrogen-bond acceptors (Lipinski definition) is 5. The van der Waals surface area contributed by atoms with Crippen LogP contribution in [0.1, 0.15) is 36.4 Å². The van der Waals surface area contributed by atoms with E-state index in [0.29, 0.717) is 18.8 Å². The SMILES string of the molecule is CS(=O)(=O)Nc1cccc(C2(C(=O)N[C@H](CN3CC[C@@H](O)C3)c3ccccc3)CC2)c1. The number of amides is 1. The average Bonchev–Trinajstić information content (AvgIpc) is 3.44. The number of aliphatic hydroxyl groups excluding tert-OH is 1. The highest BCUT2D eigenvalue weighted by atomic mass is 32.2. The Hall–Kier alpha value is -2.42. The van der Waals surface area contributed by atoms with E-state index < -0.39 is 15.4 Å². The molecule has 7 nitrogen and oxygen atoms in total. The van der Waals surface area contributed by atoms with Crippen molar-refractivity contribution in [2.75, 3.05) is 30.6 Å². The Kier molecular flexibility index (Phi) is 6.05. The number of benzene rings is 2. The van der Waals surface area contributed by atoms with Crippen molar-refractivity contribution in [3.8, 4) is 0 Å². The van der Waals surface area contributed by atoms with Crippen molar-refractivity contribution in [1.29, 1.82) is 0 Å². The van der Waals surface area contributed by atoms with Gasteiger partial charge in [-0.2, -0.15) is 0 Å². The first-order chi connectivity index (χ1) is 14.7. The fourth-order valence-corrected chi connectivity index (χ4v) is 4.87. The minimum absolute atomic E-state index is 0.0439. The molecule has 2 aliphatic rings. The minimum atomic E-state index is -3.39. The Labute approximate surface area is 183 Å². The van der Waals surface area contributed by atoms with E-state index in [1.165, 1.54) is 0 Å². The summed E-state index contributed by atoms with van der Waals surface area (Å²) in [5.41, 5.74) is 1.68. The molecule has 3 N–H and O–H groups in total. The van der Waals surface area contributed by atoms with E-state index in [4.69, 9.17) is 0 Å². The van der Waals surface area contributed by atoms with Crippen LogP contribution >= 0.6 is 0 Å². The van der Waals surface area contributed by atoms with Crippen molar-refractivity contribution in [1.82, 2.24) is 10.2 Å².